The van der Waals surface area contributed by atoms with Gasteiger partial charge < -0.3 is 5.32 Å². The van der Waals surface area contributed by atoms with Crippen LogP contribution in [-0.2, 0) is 0 Å². The number of nitrogens with zero attached hydrogens (tertiary/aromatic N) is 1. The lowest BCUT2D eigenvalue weighted by molar-refractivity contribution is 0.110. The summed E-state index contributed by atoms with van der Waals surface area (Å²) in [5, 5.41) is 4.14. The van der Waals surface area contributed by atoms with E-state index in [0.717, 1.165) is 24.7 Å². The van der Waals surface area contributed by atoms with Crippen molar-refractivity contribution in [2.45, 2.75) is 25.9 Å². The molecule has 2 nitrogen and oxygen atoms in total. The van der Waals surface area contributed by atoms with E-state index in [1.807, 2.05) is 12.1 Å². The van der Waals surface area contributed by atoms with E-state index in [0.29, 0.717) is 12.1 Å². The SMILES string of the molecule is CCN(C1CNC1)C(C)c1ccc(Cl)cc1. The van der Waals surface area contributed by atoms with E-state index in [1.54, 1.807) is 0 Å². The number of benzene rings is 1. The van der Waals surface area contributed by atoms with E-state index in [-0.39, 0.29) is 0 Å². The van der Waals surface area contributed by atoms with Crippen LogP contribution in [0.3, 0.4) is 0 Å². The molecule has 0 bridgehead atoms. The fraction of sp³-hybridized carbons (Fsp3) is 0.538. The maximum atomic E-state index is 5.91. The lowest BCUT2D eigenvalue weighted by Crippen LogP contribution is -2.57. The van der Waals surface area contributed by atoms with E-state index in [4.69, 9.17) is 11.6 Å². The van der Waals surface area contributed by atoms with E-state index in [9.17, 15) is 0 Å². The zero-order chi connectivity index (χ0) is 11.5. The number of nitrogens with one attached hydrogen (secondary N) is 1. The molecule has 0 aliphatic carbocycles. The van der Waals surface area contributed by atoms with Gasteiger partial charge in [0.1, 0.15) is 0 Å². The van der Waals surface area contributed by atoms with Gasteiger partial charge in [0.15, 0.2) is 0 Å². The average molecular weight is 239 g/mol. The fourth-order valence-electron chi connectivity index (χ4n) is 2.29. The third kappa shape index (κ3) is 2.40. The molecule has 1 aromatic rings. The van der Waals surface area contributed by atoms with Gasteiger partial charge >= 0.3 is 0 Å². The van der Waals surface area contributed by atoms with Crippen LogP contribution in [0.15, 0.2) is 24.3 Å². The van der Waals surface area contributed by atoms with Crippen LogP contribution in [-0.4, -0.2) is 30.6 Å². The maximum Gasteiger partial charge on any atom is 0.0406 e. The number of hydrogen-bond acceptors (Lipinski definition) is 2. The highest BCUT2D eigenvalue weighted by Crippen LogP contribution is 2.24. The van der Waals surface area contributed by atoms with Crippen molar-refractivity contribution in [1.82, 2.24) is 10.2 Å². The smallest absolute Gasteiger partial charge is 0.0406 e. The Hall–Kier alpha value is -0.570. The first-order valence-electron chi connectivity index (χ1n) is 5.94. The van der Waals surface area contributed by atoms with Gasteiger partial charge in [-0.25, -0.2) is 0 Å². The van der Waals surface area contributed by atoms with Crippen molar-refractivity contribution in [1.29, 1.82) is 0 Å². The molecule has 2 rings (SSSR count). The van der Waals surface area contributed by atoms with Crippen LogP contribution in [0.25, 0.3) is 0 Å². The zero-order valence-corrected chi connectivity index (χ0v) is 10.7. The topological polar surface area (TPSA) is 15.3 Å². The molecule has 0 saturated carbocycles. The van der Waals surface area contributed by atoms with Gasteiger partial charge in [-0.2, -0.15) is 0 Å². The Morgan fingerprint density at radius 1 is 1.38 bits per heavy atom. The molecule has 0 spiro atoms. The second-order valence-corrected chi connectivity index (χ2v) is 4.81. The Morgan fingerprint density at radius 3 is 2.44 bits per heavy atom. The first kappa shape index (κ1) is 11.9. The molecule has 16 heavy (non-hydrogen) atoms. The molecule has 0 radical (unpaired) electrons. The van der Waals surface area contributed by atoms with Crippen molar-refractivity contribution < 1.29 is 0 Å². The normalized spacial score (nSPS) is 18.5. The number of likely N-dealkylation sites (N-methyl/N-ethyl adjacent to an activating group) is 1. The summed E-state index contributed by atoms with van der Waals surface area (Å²) in [5.41, 5.74) is 1.35. The largest absolute Gasteiger partial charge is 0.314 e. The van der Waals surface area contributed by atoms with Crippen LogP contribution < -0.4 is 5.32 Å². The van der Waals surface area contributed by atoms with E-state index < -0.39 is 0 Å². The summed E-state index contributed by atoms with van der Waals surface area (Å²) in [4.78, 5) is 2.54. The van der Waals surface area contributed by atoms with Crippen LogP contribution in [0, 0.1) is 0 Å². The molecule has 1 N–H and O–H groups in total. The molecule has 1 atom stereocenters. The first-order valence-corrected chi connectivity index (χ1v) is 6.32. The van der Waals surface area contributed by atoms with E-state index >= 15 is 0 Å². The molecule has 0 aromatic heterocycles. The van der Waals surface area contributed by atoms with Gasteiger partial charge in [0.2, 0.25) is 0 Å². The summed E-state index contributed by atoms with van der Waals surface area (Å²) in [5.74, 6) is 0. The van der Waals surface area contributed by atoms with Crippen LogP contribution in [0.1, 0.15) is 25.5 Å². The predicted molar refractivity (Wildman–Crippen MR) is 68.9 cm³/mol. The molecule has 1 heterocycles. The third-order valence-corrected chi connectivity index (χ3v) is 3.70. The van der Waals surface area contributed by atoms with Crippen molar-refractivity contribution in [3.05, 3.63) is 34.9 Å². The molecule has 88 valence electrons. The first-order chi connectivity index (χ1) is 7.72. The molecule has 0 amide bonds. The Balaban J connectivity index is 2.09. The Labute approximate surface area is 103 Å². The zero-order valence-electron chi connectivity index (χ0n) is 9.91. The predicted octanol–water partition coefficient (Wildman–Crippen LogP) is 2.69. The minimum Gasteiger partial charge on any atom is -0.314 e. The summed E-state index contributed by atoms with van der Waals surface area (Å²) < 4.78 is 0. The van der Waals surface area contributed by atoms with Gasteiger partial charge in [0.05, 0.1) is 0 Å². The highest BCUT2D eigenvalue weighted by molar-refractivity contribution is 6.30. The highest BCUT2D eigenvalue weighted by Gasteiger charge is 2.27. The molecular formula is C13H19ClN2. The minimum absolute atomic E-state index is 0.467. The molecular weight excluding hydrogens is 220 g/mol. The van der Waals surface area contributed by atoms with Gasteiger partial charge in [-0.1, -0.05) is 30.7 Å². The highest BCUT2D eigenvalue weighted by atomic mass is 35.5. The number of hydrogen-bond donors (Lipinski definition) is 1. The van der Waals surface area contributed by atoms with Crippen molar-refractivity contribution in [3.8, 4) is 0 Å². The van der Waals surface area contributed by atoms with Crippen molar-refractivity contribution in [3.63, 3.8) is 0 Å². The standard InChI is InChI=1S/C13H19ClN2/c1-3-16(13-8-15-9-13)10(2)11-4-6-12(14)7-5-11/h4-7,10,13,15H,3,8-9H2,1-2H3. The number of rotatable bonds is 4. The van der Waals surface area contributed by atoms with E-state index in [1.165, 1.54) is 5.56 Å². The second kappa shape index (κ2) is 5.17. The van der Waals surface area contributed by atoms with Gasteiger partial charge in [0.25, 0.3) is 0 Å². The summed E-state index contributed by atoms with van der Waals surface area (Å²) in [6.07, 6.45) is 0. The summed E-state index contributed by atoms with van der Waals surface area (Å²) in [6.45, 7) is 7.82. The lowest BCUT2D eigenvalue weighted by atomic mass is 10.0. The molecule has 3 heteroatoms. The van der Waals surface area contributed by atoms with Gasteiger partial charge in [0, 0.05) is 30.2 Å². The number of halogens is 1. The Kier molecular flexibility index (Phi) is 3.85. The van der Waals surface area contributed by atoms with Crippen LogP contribution in [0.2, 0.25) is 5.02 Å². The molecule has 1 unspecified atom stereocenters. The second-order valence-electron chi connectivity index (χ2n) is 4.37. The van der Waals surface area contributed by atoms with Gasteiger partial charge in [-0.3, -0.25) is 4.90 Å². The van der Waals surface area contributed by atoms with Gasteiger partial charge in [-0.15, -0.1) is 0 Å². The monoisotopic (exact) mass is 238 g/mol. The van der Waals surface area contributed by atoms with Crippen molar-refractivity contribution in [2.24, 2.45) is 0 Å². The molecule has 1 saturated heterocycles. The van der Waals surface area contributed by atoms with Crippen LogP contribution in [0.5, 0.6) is 0 Å². The molecule has 1 aromatic carbocycles. The molecule has 1 aliphatic heterocycles. The van der Waals surface area contributed by atoms with Crippen molar-refractivity contribution in [2.75, 3.05) is 19.6 Å². The maximum absolute atomic E-state index is 5.91. The molecule has 1 aliphatic rings. The summed E-state index contributed by atoms with van der Waals surface area (Å²) >= 11 is 5.91. The summed E-state index contributed by atoms with van der Waals surface area (Å²) in [7, 11) is 0. The Bertz CT molecular complexity index is 332. The van der Waals surface area contributed by atoms with Gasteiger partial charge in [-0.05, 0) is 31.2 Å². The lowest BCUT2D eigenvalue weighted by Gasteiger charge is -2.41. The third-order valence-electron chi connectivity index (χ3n) is 3.44. The van der Waals surface area contributed by atoms with Crippen LogP contribution in [0.4, 0.5) is 0 Å². The van der Waals surface area contributed by atoms with E-state index in [2.05, 4.69) is 36.2 Å². The van der Waals surface area contributed by atoms with Crippen LogP contribution >= 0.6 is 11.6 Å². The summed E-state index contributed by atoms with van der Waals surface area (Å²) in [6, 6.07) is 9.36. The minimum atomic E-state index is 0.467. The average Bonchev–Trinajstić information content (AvgIpc) is 2.23. The molecule has 1 fully saturated rings. The Morgan fingerprint density at radius 2 is 2.00 bits per heavy atom. The quantitative estimate of drug-likeness (QED) is 0.868. The van der Waals surface area contributed by atoms with Crippen molar-refractivity contribution >= 4 is 11.6 Å². The fourth-order valence-corrected chi connectivity index (χ4v) is 2.41.